The van der Waals surface area contributed by atoms with Gasteiger partial charge >= 0.3 is 0 Å². The van der Waals surface area contributed by atoms with E-state index in [0.29, 0.717) is 13.2 Å². The number of rotatable bonds is 4. The van der Waals surface area contributed by atoms with Crippen LogP contribution in [0.3, 0.4) is 0 Å². The lowest BCUT2D eigenvalue weighted by Gasteiger charge is -2.21. The molecule has 0 bridgehead atoms. The fourth-order valence-electron chi connectivity index (χ4n) is 2.55. The summed E-state index contributed by atoms with van der Waals surface area (Å²) in [7, 11) is 2.09. The Morgan fingerprint density at radius 3 is 2.57 bits per heavy atom. The number of hydrogen-bond donors (Lipinski definition) is 0. The molecule has 1 aliphatic heterocycles. The minimum Gasteiger partial charge on any atom is -0.486 e. The third kappa shape index (κ3) is 3.03. The van der Waals surface area contributed by atoms with Crippen LogP contribution in [0.4, 0.5) is 0 Å². The molecule has 2 heterocycles. The van der Waals surface area contributed by atoms with Gasteiger partial charge in [0, 0.05) is 18.7 Å². The Kier molecular flexibility index (Phi) is 3.84. The van der Waals surface area contributed by atoms with Gasteiger partial charge < -0.3 is 14.0 Å². The van der Waals surface area contributed by atoms with Crippen molar-refractivity contribution in [3.05, 3.63) is 40.8 Å². The minimum atomic E-state index is 0.616. The Hall–Kier alpha value is -2.01. The summed E-state index contributed by atoms with van der Waals surface area (Å²) in [5.41, 5.74) is 3.32. The maximum Gasteiger partial charge on any atom is 0.161 e. The fourth-order valence-corrected chi connectivity index (χ4v) is 2.55. The van der Waals surface area contributed by atoms with Crippen LogP contribution in [0.5, 0.6) is 11.5 Å². The van der Waals surface area contributed by atoms with Gasteiger partial charge in [-0.2, -0.15) is 0 Å². The number of aryl methyl sites for hydroxylation is 2. The van der Waals surface area contributed by atoms with Crippen LogP contribution in [-0.4, -0.2) is 30.3 Å². The van der Waals surface area contributed by atoms with Crippen molar-refractivity contribution >= 4 is 0 Å². The summed E-state index contributed by atoms with van der Waals surface area (Å²) < 4.78 is 16.4. The highest BCUT2D eigenvalue weighted by atomic mass is 16.6. The summed E-state index contributed by atoms with van der Waals surface area (Å²) >= 11 is 0. The zero-order chi connectivity index (χ0) is 14.8. The lowest BCUT2D eigenvalue weighted by Crippen LogP contribution is -2.19. The zero-order valence-electron chi connectivity index (χ0n) is 12.7. The molecular formula is C16H20N2O3. The topological polar surface area (TPSA) is 47.7 Å². The van der Waals surface area contributed by atoms with Crippen LogP contribution in [0.25, 0.3) is 0 Å². The highest BCUT2D eigenvalue weighted by Gasteiger charge is 2.14. The Morgan fingerprint density at radius 1 is 1.10 bits per heavy atom. The minimum absolute atomic E-state index is 0.616. The predicted molar refractivity (Wildman–Crippen MR) is 78.6 cm³/mol. The van der Waals surface area contributed by atoms with Crippen LogP contribution in [-0.2, 0) is 13.1 Å². The second-order valence-corrected chi connectivity index (χ2v) is 5.45. The number of nitrogens with zero attached hydrogens (tertiary/aromatic N) is 2. The number of hydrogen-bond acceptors (Lipinski definition) is 5. The standard InChI is InChI=1S/C16H20N2O3/c1-11-14(12(2)21-17-11)10-18(3)9-13-4-5-15-16(8-13)20-7-6-19-15/h4-5,8H,6-7,9-10H2,1-3H3. The van der Waals surface area contributed by atoms with Gasteiger partial charge in [-0.15, -0.1) is 0 Å². The van der Waals surface area contributed by atoms with Crippen molar-refractivity contribution in [2.24, 2.45) is 0 Å². The zero-order valence-corrected chi connectivity index (χ0v) is 12.7. The van der Waals surface area contributed by atoms with Gasteiger partial charge in [-0.1, -0.05) is 11.2 Å². The smallest absolute Gasteiger partial charge is 0.161 e. The first-order valence-electron chi connectivity index (χ1n) is 7.12. The molecule has 1 aromatic heterocycles. The van der Waals surface area contributed by atoms with Crippen LogP contribution in [0, 0.1) is 13.8 Å². The van der Waals surface area contributed by atoms with E-state index in [1.165, 1.54) is 5.56 Å². The Morgan fingerprint density at radius 2 is 1.86 bits per heavy atom. The van der Waals surface area contributed by atoms with E-state index in [0.717, 1.165) is 41.6 Å². The van der Waals surface area contributed by atoms with Gasteiger partial charge in [-0.3, -0.25) is 4.90 Å². The van der Waals surface area contributed by atoms with Gasteiger partial charge in [0.05, 0.1) is 5.69 Å². The molecule has 1 aliphatic rings. The van der Waals surface area contributed by atoms with Crippen LogP contribution < -0.4 is 9.47 Å². The van der Waals surface area contributed by atoms with E-state index in [2.05, 4.69) is 29.2 Å². The fraction of sp³-hybridized carbons (Fsp3) is 0.438. The normalized spacial score (nSPS) is 13.7. The quantitative estimate of drug-likeness (QED) is 0.865. The molecule has 5 nitrogen and oxygen atoms in total. The van der Waals surface area contributed by atoms with E-state index in [4.69, 9.17) is 14.0 Å². The Bertz CT molecular complexity index is 617. The van der Waals surface area contributed by atoms with Crippen molar-refractivity contribution in [3.63, 3.8) is 0 Å². The molecule has 21 heavy (non-hydrogen) atoms. The lowest BCUT2D eigenvalue weighted by atomic mass is 10.1. The van der Waals surface area contributed by atoms with Gasteiger partial charge in [0.2, 0.25) is 0 Å². The SMILES string of the molecule is Cc1noc(C)c1CN(C)Cc1ccc2c(c1)OCCO2. The van der Waals surface area contributed by atoms with Gasteiger partial charge in [-0.05, 0) is 38.6 Å². The van der Waals surface area contributed by atoms with E-state index >= 15 is 0 Å². The summed E-state index contributed by atoms with van der Waals surface area (Å²) in [6, 6.07) is 6.11. The van der Waals surface area contributed by atoms with Crippen molar-refractivity contribution in [2.45, 2.75) is 26.9 Å². The third-order valence-corrected chi connectivity index (χ3v) is 3.67. The van der Waals surface area contributed by atoms with Crippen LogP contribution in [0.15, 0.2) is 22.7 Å². The number of benzene rings is 1. The molecule has 5 heteroatoms. The molecule has 0 saturated heterocycles. The summed E-state index contributed by atoms with van der Waals surface area (Å²) in [6.45, 7) is 6.82. The van der Waals surface area contributed by atoms with Crippen LogP contribution in [0.2, 0.25) is 0 Å². The predicted octanol–water partition coefficient (Wildman–Crippen LogP) is 2.69. The van der Waals surface area contributed by atoms with Crippen molar-refractivity contribution in [1.82, 2.24) is 10.1 Å². The molecule has 0 unspecified atom stereocenters. The highest BCUT2D eigenvalue weighted by Crippen LogP contribution is 2.31. The maximum absolute atomic E-state index is 5.62. The van der Waals surface area contributed by atoms with Gasteiger partial charge in [0.1, 0.15) is 19.0 Å². The second-order valence-electron chi connectivity index (χ2n) is 5.45. The monoisotopic (exact) mass is 288 g/mol. The van der Waals surface area contributed by atoms with Crippen molar-refractivity contribution in [2.75, 3.05) is 20.3 Å². The van der Waals surface area contributed by atoms with E-state index < -0.39 is 0 Å². The lowest BCUT2D eigenvalue weighted by molar-refractivity contribution is 0.171. The summed E-state index contributed by atoms with van der Waals surface area (Å²) in [4.78, 5) is 2.23. The molecular weight excluding hydrogens is 268 g/mol. The molecule has 0 saturated carbocycles. The summed E-state index contributed by atoms with van der Waals surface area (Å²) in [5, 5.41) is 4.00. The number of aromatic nitrogens is 1. The second kappa shape index (κ2) is 5.77. The molecule has 0 radical (unpaired) electrons. The Labute approximate surface area is 124 Å². The highest BCUT2D eigenvalue weighted by molar-refractivity contribution is 5.43. The van der Waals surface area contributed by atoms with Crippen molar-refractivity contribution in [3.8, 4) is 11.5 Å². The average Bonchev–Trinajstić information content (AvgIpc) is 2.79. The number of ether oxygens (including phenoxy) is 2. The van der Waals surface area contributed by atoms with E-state index in [1.807, 2.05) is 19.9 Å². The van der Waals surface area contributed by atoms with Gasteiger partial charge in [0.15, 0.2) is 11.5 Å². The molecule has 0 fully saturated rings. The van der Waals surface area contributed by atoms with Gasteiger partial charge in [-0.25, -0.2) is 0 Å². The Balaban J connectivity index is 1.68. The van der Waals surface area contributed by atoms with Crippen LogP contribution >= 0.6 is 0 Å². The van der Waals surface area contributed by atoms with E-state index in [9.17, 15) is 0 Å². The molecule has 1 aromatic carbocycles. The molecule has 0 aliphatic carbocycles. The van der Waals surface area contributed by atoms with E-state index in [1.54, 1.807) is 0 Å². The maximum atomic E-state index is 5.62. The van der Waals surface area contributed by atoms with Crippen molar-refractivity contribution < 1.29 is 14.0 Å². The summed E-state index contributed by atoms with van der Waals surface area (Å²) in [6.07, 6.45) is 0. The molecule has 0 amide bonds. The van der Waals surface area contributed by atoms with E-state index in [-0.39, 0.29) is 0 Å². The molecule has 0 spiro atoms. The van der Waals surface area contributed by atoms with Crippen LogP contribution in [0.1, 0.15) is 22.6 Å². The molecule has 112 valence electrons. The van der Waals surface area contributed by atoms with Gasteiger partial charge in [0.25, 0.3) is 0 Å². The molecule has 2 aromatic rings. The summed E-state index contributed by atoms with van der Waals surface area (Å²) in [5.74, 6) is 2.56. The van der Waals surface area contributed by atoms with Crippen molar-refractivity contribution in [1.29, 1.82) is 0 Å². The largest absolute Gasteiger partial charge is 0.486 e. The first kappa shape index (κ1) is 13.9. The molecule has 0 atom stereocenters. The molecule has 0 N–H and O–H groups in total. The first-order chi connectivity index (χ1) is 10.1. The third-order valence-electron chi connectivity index (χ3n) is 3.67. The average molecular weight is 288 g/mol. The molecule has 3 rings (SSSR count). The number of fused-ring (bicyclic) bond motifs is 1. The first-order valence-corrected chi connectivity index (χ1v) is 7.12.